The van der Waals surface area contributed by atoms with E-state index in [1.165, 1.54) is 6.21 Å². The van der Waals surface area contributed by atoms with Gasteiger partial charge in [0.25, 0.3) is 0 Å². The van der Waals surface area contributed by atoms with Gasteiger partial charge in [0.15, 0.2) is 12.4 Å². The third kappa shape index (κ3) is 4.19. The summed E-state index contributed by atoms with van der Waals surface area (Å²) in [6.07, 6.45) is 5.16. The molecule has 1 aromatic heterocycles. The molecule has 0 saturated carbocycles. The normalized spacial score (nSPS) is 10.6. The highest BCUT2D eigenvalue weighted by Crippen LogP contribution is 2.11. The van der Waals surface area contributed by atoms with E-state index in [0.717, 1.165) is 5.56 Å². The first-order chi connectivity index (χ1) is 9.25. The number of nitrogens with one attached hydrogen (secondary N) is 1. The molecule has 0 saturated heterocycles. The van der Waals surface area contributed by atoms with E-state index in [2.05, 4.69) is 10.5 Å². The van der Waals surface area contributed by atoms with E-state index in [1.54, 1.807) is 10.6 Å². The SMILES string of the molecule is O=C(C[n+]1ccccc1)NN=Cc1ccccc1Cl. The van der Waals surface area contributed by atoms with Crippen molar-refractivity contribution in [1.82, 2.24) is 5.43 Å². The van der Waals surface area contributed by atoms with Gasteiger partial charge < -0.3 is 0 Å². The third-order valence-electron chi connectivity index (χ3n) is 2.40. The minimum absolute atomic E-state index is 0.195. The van der Waals surface area contributed by atoms with Crippen molar-refractivity contribution in [2.45, 2.75) is 6.54 Å². The maximum Gasteiger partial charge on any atom is 0.305 e. The molecule has 0 aliphatic rings. The molecule has 1 heterocycles. The van der Waals surface area contributed by atoms with E-state index in [9.17, 15) is 4.79 Å². The van der Waals surface area contributed by atoms with Gasteiger partial charge in [0.2, 0.25) is 6.54 Å². The van der Waals surface area contributed by atoms with Crippen LogP contribution in [0.4, 0.5) is 0 Å². The summed E-state index contributed by atoms with van der Waals surface area (Å²) in [5, 5.41) is 4.47. The highest BCUT2D eigenvalue weighted by molar-refractivity contribution is 6.33. The van der Waals surface area contributed by atoms with E-state index in [0.29, 0.717) is 5.02 Å². The number of halogens is 1. The lowest BCUT2D eigenvalue weighted by atomic mass is 10.2. The van der Waals surface area contributed by atoms with Gasteiger partial charge in [-0.25, -0.2) is 5.43 Å². The Morgan fingerprint density at radius 2 is 1.95 bits per heavy atom. The molecule has 4 nitrogen and oxygen atoms in total. The van der Waals surface area contributed by atoms with Gasteiger partial charge in [-0.2, -0.15) is 9.67 Å². The van der Waals surface area contributed by atoms with E-state index < -0.39 is 0 Å². The molecule has 5 heteroatoms. The molecule has 0 spiro atoms. The second-order valence-electron chi connectivity index (χ2n) is 3.86. The summed E-state index contributed by atoms with van der Waals surface area (Å²) in [6, 6.07) is 12.9. The van der Waals surface area contributed by atoms with Crippen molar-refractivity contribution in [2.24, 2.45) is 5.10 Å². The number of rotatable bonds is 4. The van der Waals surface area contributed by atoms with Gasteiger partial charge in [0.1, 0.15) is 0 Å². The summed E-state index contributed by atoms with van der Waals surface area (Å²) in [4.78, 5) is 11.6. The number of amides is 1. The molecule has 0 aliphatic heterocycles. The molecular weight excluding hydrogens is 262 g/mol. The topological polar surface area (TPSA) is 45.3 Å². The molecule has 0 atom stereocenters. The van der Waals surface area contributed by atoms with Crippen LogP contribution in [0.15, 0.2) is 60.0 Å². The molecular formula is C14H13ClN3O+. The number of hydrogen-bond acceptors (Lipinski definition) is 2. The molecule has 19 heavy (non-hydrogen) atoms. The zero-order chi connectivity index (χ0) is 13.5. The number of nitrogens with zero attached hydrogens (tertiary/aromatic N) is 2. The van der Waals surface area contributed by atoms with Crippen LogP contribution in [-0.2, 0) is 11.3 Å². The molecule has 2 aromatic rings. The summed E-state index contributed by atoms with van der Waals surface area (Å²) in [5.41, 5.74) is 3.22. The molecule has 0 aliphatic carbocycles. The molecule has 0 bridgehead atoms. The monoisotopic (exact) mass is 274 g/mol. The minimum Gasteiger partial charge on any atom is -0.266 e. The number of carbonyl (C=O) groups excluding carboxylic acids is 1. The predicted molar refractivity (Wildman–Crippen MR) is 73.8 cm³/mol. The first-order valence-electron chi connectivity index (χ1n) is 5.76. The molecule has 0 fully saturated rings. The molecule has 1 aromatic carbocycles. The van der Waals surface area contributed by atoms with Gasteiger partial charge in [-0.3, -0.25) is 4.79 Å². The fourth-order valence-corrected chi connectivity index (χ4v) is 1.68. The first kappa shape index (κ1) is 13.2. The maximum absolute atomic E-state index is 11.6. The number of hydrogen-bond donors (Lipinski definition) is 1. The van der Waals surface area contributed by atoms with Gasteiger partial charge in [0.05, 0.1) is 6.21 Å². The molecule has 1 amide bonds. The van der Waals surface area contributed by atoms with Crippen molar-refractivity contribution in [3.8, 4) is 0 Å². The highest BCUT2D eigenvalue weighted by atomic mass is 35.5. The van der Waals surface area contributed by atoms with Crippen molar-refractivity contribution in [3.63, 3.8) is 0 Å². The van der Waals surface area contributed by atoms with Crippen LogP contribution >= 0.6 is 11.6 Å². The molecule has 0 unspecified atom stereocenters. The van der Waals surface area contributed by atoms with E-state index in [4.69, 9.17) is 11.6 Å². The van der Waals surface area contributed by atoms with Crippen LogP contribution in [0.2, 0.25) is 5.02 Å². The van der Waals surface area contributed by atoms with Crippen molar-refractivity contribution in [2.75, 3.05) is 0 Å². The average Bonchev–Trinajstić information content (AvgIpc) is 2.42. The van der Waals surface area contributed by atoms with Crippen LogP contribution in [0.3, 0.4) is 0 Å². The van der Waals surface area contributed by atoms with E-state index in [-0.39, 0.29) is 12.5 Å². The summed E-state index contributed by atoms with van der Waals surface area (Å²) in [6.45, 7) is 0.223. The van der Waals surface area contributed by atoms with Crippen LogP contribution < -0.4 is 9.99 Å². The lowest BCUT2D eigenvalue weighted by Crippen LogP contribution is -2.40. The van der Waals surface area contributed by atoms with Gasteiger partial charge in [0, 0.05) is 22.7 Å². The molecule has 0 radical (unpaired) electrons. The lowest BCUT2D eigenvalue weighted by molar-refractivity contribution is -0.684. The Morgan fingerprint density at radius 3 is 2.68 bits per heavy atom. The Hall–Kier alpha value is -2.20. The highest BCUT2D eigenvalue weighted by Gasteiger charge is 2.06. The summed E-state index contributed by atoms with van der Waals surface area (Å²) in [5.74, 6) is -0.195. The zero-order valence-corrected chi connectivity index (χ0v) is 10.9. The summed E-state index contributed by atoms with van der Waals surface area (Å²) >= 11 is 5.96. The molecule has 96 valence electrons. The summed E-state index contributed by atoms with van der Waals surface area (Å²) in [7, 11) is 0. The second kappa shape index (κ2) is 6.66. The lowest BCUT2D eigenvalue weighted by Gasteiger charge is -1.98. The minimum atomic E-state index is -0.195. The van der Waals surface area contributed by atoms with Crippen LogP contribution in [0.25, 0.3) is 0 Å². The number of aromatic nitrogens is 1. The summed E-state index contributed by atoms with van der Waals surface area (Å²) < 4.78 is 1.76. The van der Waals surface area contributed by atoms with Crippen LogP contribution in [0.1, 0.15) is 5.56 Å². The average molecular weight is 275 g/mol. The maximum atomic E-state index is 11.6. The Bertz CT molecular complexity index is 584. The van der Waals surface area contributed by atoms with Crippen molar-refractivity contribution in [3.05, 3.63) is 65.4 Å². The van der Waals surface area contributed by atoms with Gasteiger partial charge in [-0.1, -0.05) is 35.9 Å². The number of benzene rings is 1. The number of pyridine rings is 1. The Labute approximate surface area is 116 Å². The van der Waals surface area contributed by atoms with Crippen molar-refractivity contribution in [1.29, 1.82) is 0 Å². The Balaban J connectivity index is 1.89. The second-order valence-corrected chi connectivity index (χ2v) is 4.27. The Morgan fingerprint density at radius 1 is 1.21 bits per heavy atom. The smallest absolute Gasteiger partial charge is 0.266 e. The van der Waals surface area contributed by atoms with E-state index >= 15 is 0 Å². The van der Waals surface area contributed by atoms with E-state index in [1.807, 2.05) is 48.8 Å². The number of hydrazone groups is 1. The first-order valence-corrected chi connectivity index (χ1v) is 6.14. The Kier molecular flexibility index (Phi) is 4.64. The largest absolute Gasteiger partial charge is 0.305 e. The zero-order valence-electron chi connectivity index (χ0n) is 10.2. The third-order valence-corrected chi connectivity index (χ3v) is 2.75. The van der Waals surface area contributed by atoms with Crippen LogP contribution in [0.5, 0.6) is 0 Å². The molecule has 1 N–H and O–H groups in total. The predicted octanol–water partition coefficient (Wildman–Crippen LogP) is 1.78. The molecule has 2 rings (SSSR count). The number of carbonyl (C=O) groups is 1. The van der Waals surface area contributed by atoms with Crippen LogP contribution in [-0.4, -0.2) is 12.1 Å². The van der Waals surface area contributed by atoms with Gasteiger partial charge >= 0.3 is 5.91 Å². The van der Waals surface area contributed by atoms with Crippen molar-refractivity contribution < 1.29 is 9.36 Å². The van der Waals surface area contributed by atoms with Gasteiger partial charge in [-0.15, -0.1) is 0 Å². The fraction of sp³-hybridized carbons (Fsp3) is 0.0714. The fourth-order valence-electron chi connectivity index (χ4n) is 1.49. The quantitative estimate of drug-likeness (QED) is 0.516. The standard InChI is InChI=1S/C14H12ClN3O/c15-13-7-3-2-6-12(13)10-16-17-14(19)11-18-8-4-1-5-9-18/h1-10H,11H2/p+1. The van der Waals surface area contributed by atoms with Crippen molar-refractivity contribution >= 4 is 23.7 Å². The van der Waals surface area contributed by atoms with Crippen LogP contribution in [0, 0.1) is 0 Å². The van der Waals surface area contributed by atoms with Gasteiger partial charge in [-0.05, 0) is 6.07 Å².